The number of rotatable bonds is 4. The predicted octanol–water partition coefficient (Wildman–Crippen LogP) is 2.56. The van der Waals surface area contributed by atoms with Crippen molar-refractivity contribution in [1.29, 1.82) is 0 Å². The number of hydrogen-bond donors (Lipinski definition) is 1. The fourth-order valence-corrected chi connectivity index (χ4v) is 4.95. The lowest BCUT2D eigenvalue weighted by atomic mass is 9.98. The summed E-state index contributed by atoms with van der Waals surface area (Å²) < 4.78 is 5.16. The van der Waals surface area contributed by atoms with Gasteiger partial charge in [0, 0.05) is 38.0 Å². The van der Waals surface area contributed by atoms with Crippen LogP contribution < -0.4 is 10.2 Å². The molecule has 0 aromatic carbocycles. The van der Waals surface area contributed by atoms with Crippen molar-refractivity contribution in [3.8, 4) is 0 Å². The normalized spacial score (nSPS) is 19.6. The van der Waals surface area contributed by atoms with Gasteiger partial charge in [0.05, 0.1) is 17.2 Å². The molecule has 1 unspecified atom stereocenters. The molecule has 1 aliphatic carbocycles. The zero-order chi connectivity index (χ0) is 18.8. The van der Waals surface area contributed by atoms with Crippen molar-refractivity contribution in [2.75, 3.05) is 32.1 Å². The van der Waals surface area contributed by atoms with Crippen LogP contribution in [0.1, 0.15) is 53.1 Å². The van der Waals surface area contributed by atoms with Crippen LogP contribution in [0, 0.1) is 0 Å². The van der Waals surface area contributed by atoms with Gasteiger partial charge in [-0.15, -0.1) is 11.3 Å². The molecule has 1 atom stereocenters. The molecule has 146 valence electrons. The molecular formula is C18H26N6O2S. The number of piperidine rings is 1. The first-order valence-electron chi connectivity index (χ1n) is 9.61. The number of carbonyl (C=O) groups excluding carboxylic acids is 1. The number of carbonyl (C=O) groups is 1. The summed E-state index contributed by atoms with van der Waals surface area (Å²) in [7, 11) is 3.69. The van der Waals surface area contributed by atoms with Gasteiger partial charge in [-0.25, -0.2) is 9.78 Å². The largest absolute Gasteiger partial charge is 0.344 e. The summed E-state index contributed by atoms with van der Waals surface area (Å²) in [4.78, 5) is 26.8. The van der Waals surface area contributed by atoms with E-state index in [1.165, 1.54) is 34.8 Å². The van der Waals surface area contributed by atoms with Crippen LogP contribution in [0.25, 0.3) is 0 Å². The topological polar surface area (TPSA) is 87.4 Å². The molecule has 1 aliphatic heterocycles. The van der Waals surface area contributed by atoms with Gasteiger partial charge in [-0.1, -0.05) is 0 Å². The van der Waals surface area contributed by atoms with Crippen molar-refractivity contribution in [1.82, 2.24) is 25.3 Å². The maximum atomic E-state index is 12.6. The fourth-order valence-electron chi connectivity index (χ4n) is 3.67. The average molecular weight is 391 g/mol. The molecule has 27 heavy (non-hydrogen) atoms. The van der Waals surface area contributed by atoms with Gasteiger partial charge in [0.2, 0.25) is 5.89 Å². The van der Waals surface area contributed by atoms with Crippen LogP contribution in [-0.4, -0.2) is 53.2 Å². The molecule has 4 rings (SSSR count). The Kier molecular flexibility index (Phi) is 5.29. The molecular weight excluding hydrogens is 364 g/mol. The molecule has 3 heterocycles. The monoisotopic (exact) mass is 390 g/mol. The zero-order valence-corrected chi connectivity index (χ0v) is 16.7. The maximum Gasteiger partial charge on any atom is 0.317 e. The fraction of sp³-hybridized carbons (Fsp3) is 0.667. The first kappa shape index (κ1) is 18.2. The summed E-state index contributed by atoms with van der Waals surface area (Å²) in [6, 6.07) is -0.0781. The molecule has 2 aromatic rings. The number of aryl methyl sites for hydroxylation is 2. The summed E-state index contributed by atoms with van der Waals surface area (Å²) in [6.07, 6.45) is 6.92. The van der Waals surface area contributed by atoms with Crippen LogP contribution in [0.2, 0.25) is 0 Å². The van der Waals surface area contributed by atoms with Crippen LogP contribution in [-0.2, 0) is 19.4 Å². The van der Waals surface area contributed by atoms with E-state index in [1.54, 1.807) is 4.90 Å². The molecule has 1 saturated heterocycles. The van der Waals surface area contributed by atoms with Crippen molar-refractivity contribution in [2.24, 2.45) is 0 Å². The van der Waals surface area contributed by atoms with Gasteiger partial charge in [-0.2, -0.15) is 4.98 Å². The number of nitrogens with zero attached hydrogens (tertiary/aromatic N) is 5. The molecule has 0 spiro atoms. The summed E-state index contributed by atoms with van der Waals surface area (Å²) in [5, 5.41) is 7.97. The molecule has 1 N–H and O–H groups in total. The third kappa shape index (κ3) is 4.07. The van der Waals surface area contributed by atoms with Crippen molar-refractivity contribution < 1.29 is 9.32 Å². The van der Waals surface area contributed by atoms with Crippen LogP contribution in [0.15, 0.2) is 4.52 Å². The summed E-state index contributed by atoms with van der Waals surface area (Å²) >= 11 is 1.86. The molecule has 2 aliphatic rings. The highest BCUT2D eigenvalue weighted by Gasteiger charge is 2.28. The lowest BCUT2D eigenvalue weighted by molar-refractivity contribution is 0.177. The standard InChI is InChI=1S/C18H26N6O2S/c1-23(2)17-21-15(26-22-17)10-19-18(25)24-9-5-6-12(11-24)16-20-13-7-3-4-8-14(13)27-16/h12H,3-11H2,1-2H3,(H,19,25). The molecule has 0 saturated carbocycles. The molecule has 0 radical (unpaired) electrons. The number of hydrogen-bond acceptors (Lipinski definition) is 7. The number of thiazole rings is 1. The van der Waals surface area contributed by atoms with Crippen molar-refractivity contribution in [3.63, 3.8) is 0 Å². The van der Waals surface area contributed by atoms with Crippen LogP contribution in [0.5, 0.6) is 0 Å². The van der Waals surface area contributed by atoms with E-state index in [0.29, 0.717) is 17.8 Å². The van der Waals surface area contributed by atoms with E-state index < -0.39 is 0 Å². The van der Waals surface area contributed by atoms with E-state index >= 15 is 0 Å². The Morgan fingerprint density at radius 2 is 2.15 bits per heavy atom. The Balaban J connectivity index is 1.34. The van der Waals surface area contributed by atoms with E-state index in [-0.39, 0.29) is 12.6 Å². The minimum absolute atomic E-state index is 0.0781. The highest BCUT2D eigenvalue weighted by Crippen LogP contribution is 2.34. The number of nitrogens with one attached hydrogen (secondary N) is 1. The third-order valence-corrected chi connectivity index (χ3v) is 6.49. The Morgan fingerprint density at radius 3 is 2.93 bits per heavy atom. The molecule has 2 amide bonds. The Bertz CT molecular complexity index is 778. The number of aromatic nitrogens is 3. The third-order valence-electron chi connectivity index (χ3n) is 5.17. The number of fused-ring (bicyclic) bond motifs is 1. The van der Waals surface area contributed by atoms with E-state index in [1.807, 2.05) is 30.3 Å². The van der Waals surface area contributed by atoms with Gasteiger partial charge in [-0.3, -0.25) is 0 Å². The van der Waals surface area contributed by atoms with Gasteiger partial charge in [0.1, 0.15) is 0 Å². The van der Waals surface area contributed by atoms with Gasteiger partial charge in [0.25, 0.3) is 5.95 Å². The Labute approximate surface area is 162 Å². The second-order valence-corrected chi connectivity index (χ2v) is 8.57. The predicted molar refractivity (Wildman–Crippen MR) is 103 cm³/mol. The molecule has 9 heteroatoms. The quantitative estimate of drug-likeness (QED) is 0.863. The lowest BCUT2D eigenvalue weighted by Gasteiger charge is -2.31. The second-order valence-electron chi connectivity index (χ2n) is 7.46. The van der Waals surface area contributed by atoms with Crippen LogP contribution in [0.4, 0.5) is 10.7 Å². The zero-order valence-electron chi connectivity index (χ0n) is 15.9. The van der Waals surface area contributed by atoms with Gasteiger partial charge >= 0.3 is 6.03 Å². The van der Waals surface area contributed by atoms with Gasteiger partial charge < -0.3 is 19.6 Å². The van der Waals surface area contributed by atoms with Crippen molar-refractivity contribution in [2.45, 2.75) is 51.0 Å². The molecule has 8 nitrogen and oxygen atoms in total. The Morgan fingerprint density at radius 1 is 1.30 bits per heavy atom. The number of anilines is 1. The highest BCUT2D eigenvalue weighted by molar-refractivity contribution is 7.11. The minimum Gasteiger partial charge on any atom is -0.344 e. The van der Waals surface area contributed by atoms with Crippen LogP contribution >= 0.6 is 11.3 Å². The molecule has 0 bridgehead atoms. The Hall–Kier alpha value is -2.16. The van der Waals surface area contributed by atoms with E-state index in [4.69, 9.17) is 9.51 Å². The van der Waals surface area contributed by atoms with E-state index in [2.05, 4.69) is 15.5 Å². The number of amides is 2. The maximum absolute atomic E-state index is 12.6. The minimum atomic E-state index is -0.0781. The highest BCUT2D eigenvalue weighted by atomic mass is 32.1. The van der Waals surface area contributed by atoms with Gasteiger partial charge in [0.15, 0.2) is 0 Å². The summed E-state index contributed by atoms with van der Waals surface area (Å²) in [5.74, 6) is 1.27. The summed E-state index contributed by atoms with van der Waals surface area (Å²) in [6.45, 7) is 1.75. The first-order chi connectivity index (χ1) is 13.1. The number of likely N-dealkylation sites (tertiary alicyclic amines) is 1. The molecule has 2 aromatic heterocycles. The van der Waals surface area contributed by atoms with Crippen LogP contribution in [0.3, 0.4) is 0 Å². The van der Waals surface area contributed by atoms with E-state index in [9.17, 15) is 4.79 Å². The van der Waals surface area contributed by atoms with Crippen molar-refractivity contribution in [3.05, 3.63) is 21.5 Å². The lowest BCUT2D eigenvalue weighted by Crippen LogP contribution is -2.44. The van der Waals surface area contributed by atoms with Gasteiger partial charge in [-0.05, 0) is 43.7 Å². The van der Waals surface area contributed by atoms with Crippen molar-refractivity contribution >= 4 is 23.3 Å². The first-order valence-corrected chi connectivity index (χ1v) is 10.4. The van der Waals surface area contributed by atoms with E-state index in [0.717, 1.165) is 32.4 Å². The SMILES string of the molecule is CN(C)c1noc(CNC(=O)N2CCCC(c3nc4c(s3)CCCC4)C2)n1. The summed E-state index contributed by atoms with van der Waals surface area (Å²) in [5.41, 5.74) is 1.30. The smallest absolute Gasteiger partial charge is 0.317 e. The number of urea groups is 1. The average Bonchev–Trinajstić information content (AvgIpc) is 3.33. The second kappa shape index (κ2) is 7.84. The molecule has 1 fully saturated rings.